The smallest absolute Gasteiger partial charge is 0.475 e. The van der Waals surface area contributed by atoms with E-state index < -0.39 is 22.2 Å². The zero-order valence-corrected chi connectivity index (χ0v) is 17.4. The van der Waals surface area contributed by atoms with Gasteiger partial charge in [-0.3, -0.25) is 4.79 Å². The minimum atomic E-state index is -5.08. The highest BCUT2D eigenvalue weighted by Crippen LogP contribution is 2.13. The summed E-state index contributed by atoms with van der Waals surface area (Å²) >= 11 is 0. The predicted octanol–water partition coefficient (Wildman–Crippen LogP) is 1.41. The van der Waals surface area contributed by atoms with Crippen LogP contribution in [0.3, 0.4) is 0 Å². The second kappa shape index (κ2) is 11.9. The Hall–Kier alpha value is -2.18. The number of nitrogens with one attached hydrogen (secondary N) is 1. The molecular formula is C18H26F3N3O5S. The van der Waals surface area contributed by atoms with Gasteiger partial charge in [-0.05, 0) is 18.6 Å². The Bertz CT molecular complexity index is 782. The fraction of sp³-hybridized carbons (Fsp3) is 0.556. The number of hydrogen-bond acceptors (Lipinski definition) is 5. The third-order valence-corrected chi connectivity index (χ3v) is 5.98. The summed E-state index contributed by atoms with van der Waals surface area (Å²) in [5, 5.41) is 10.3. The van der Waals surface area contributed by atoms with E-state index in [-0.39, 0.29) is 18.2 Å². The second-order valence-electron chi connectivity index (χ2n) is 6.43. The van der Waals surface area contributed by atoms with Crippen LogP contribution in [-0.4, -0.2) is 85.8 Å². The molecule has 0 aromatic heterocycles. The monoisotopic (exact) mass is 453 g/mol. The number of rotatable bonds is 7. The van der Waals surface area contributed by atoms with Gasteiger partial charge in [0, 0.05) is 44.8 Å². The number of piperazine rings is 1. The third kappa shape index (κ3) is 8.67. The minimum absolute atomic E-state index is 0.0222. The summed E-state index contributed by atoms with van der Waals surface area (Å²) in [5.41, 5.74) is 0.598. The summed E-state index contributed by atoms with van der Waals surface area (Å²) in [7, 11) is -3.31. The number of carboxylic acid groups (broad SMARTS) is 1. The van der Waals surface area contributed by atoms with E-state index in [2.05, 4.69) is 5.32 Å². The molecule has 1 aromatic rings. The van der Waals surface area contributed by atoms with Gasteiger partial charge in [-0.15, -0.1) is 0 Å². The number of aliphatic carboxylic acids is 1. The van der Waals surface area contributed by atoms with Gasteiger partial charge in [0.25, 0.3) is 5.91 Å². The van der Waals surface area contributed by atoms with Crippen LogP contribution < -0.4 is 5.32 Å². The van der Waals surface area contributed by atoms with Crippen LogP contribution >= 0.6 is 0 Å². The maximum absolute atomic E-state index is 12.5. The molecule has 0 unspecified atom stereocenters. The summed E-state index contributed by atoms with van der Waals surface area (Å²) in [6, 6.07) is 9.01. The van der Waals surface area contributed by atoms with Gasteiger partial charge in [0.2, 0.25) is 10.0 Å². The molecule has 2 rings (SSSR count). The van der Waals surface area contributed by atoms with Crippen molar-refractivity contribution < 1.29 is 36.3 Å². The van der Waals surface area contributed by atoms with Crippen molar-refractivity contribution in [3.8, 4) is 0 Å². The average Bonchev–Trinajstić information content (AvgIpc) is 2.71. The van der Waals surface area contributed by atoms with E-state index in [1.54, 1.807) is 17.0 Å². The Kier molecular flexibility index (Phi) is 10.2. The molecule has 1 saturated heterocycles. The van der Waals surface area contributed by atoms with E-state index in [1.807, 2.05) is 25.1 Å². The largest absolute Gasteiger partial charge is 0.490 e. The molecule has 0 bridgehead atoms. The normalized spacial score (nSPS) is 15.1. The van der Waals surface area contributed by atoms with Gasteiger partial charge in [0.05, 0.1) is 5.75 Å². The van der Waals surface area contributed by atoms with Crippen molar-refractivity contribution in [2.24, 2.45) is 0 Å². The Labute approximate surface area is 173 Å². The quantitative estimate of drug-likeness (QED) is 0.647. The zero-order valence-electron chi connectivity index (χ0n) is 16.6. The Morgan fingerprint density at radius 2 is 1.67 bits per heavy atom. The number of nitrogens with zero attached hydrogens (tertiary/aromatic N) is 2. The molecule has 1 amide bonds. The summed E-state index contributed by atoms with van der Waals surface area (Å²) in [5.74, 6) is -2.89. The maximum atomic E-state index is 12.5. The summed E-state index contributed by atoms with van der Waals surface area (Å²) < 4.78 is 58.1. The lowest BCUT2D eigenvalue weighted by molar-refractivity contribution is -0.192. The van der Waals surface area contributed by atoms with E-state index in [0.717, 1.165) is 6.42 Å². The predicted molar refractivity (Wildman–Crippen MR) is 105 cm³/mol. The number of sulfonamides is 1. The lowest BCUT2D eigenvalue weighted by Crippen LogP contribution is -2.48. The van der Waals surface area contributed by atoms with Crippen LogP contribution in [0, 0.1) is 0 Å². The van der Waals surface area contributed by atoms with Crippen LogP contribution in [0.25, 0.3) is 0 Å². The SMILES string of the molecule is CCCN(CCS(=O)(=O)N1CCNCC1)C(=O)c1ccccc1.O=C(O)C(F)(F)F. The van der Waals surface area contributed by atoms with Crippen LogP contribution in [0.4, 0.5) is 13.2 Å². The number of halogens is 3. The first-order chi connectivity index (χ1) is 14.0. The number of amides is 1. The molecule has 1 heterocycles. The lowest BCUT2D eigenvalue weighted by Gasteiger charge is -2.28. The standard InChI is InChI=1S/C16H25N3O3S.C2HF3O2/c1-2-10-18(16(20)15-6-4-3-5-7-15)13-14-23(21,22)19-11-8-17-9-12-19;3-2(4,5)1(6)7/h3-7,17H,2,8-14H2,1H3;(H,6,7). The Balaban J connectivity index is 0.000000553. The molecule has 0 saturated carbocycles. The van der Waals surface area contributed by atoms with Gasteiger partial charge >= 0.3 is 12.1 Å². The van der Waals surface area contributed by atoms with Gasteiger partial charge in [-0.2, -0.15) is 17.5 Å². The van der Waals surface area contributed by atoms with E-state index in [9.17, 15) is 26.4 Å². The molecule has 2 N–H and O–H groups in total. The number of carboxylic acids is 1. The maximum Gasteiger partial charge on any atom is 0.490 e. The molecule has 0 atom stereocenters. The van der Waals surface area contributed by atoms with Crippen LogP contribution in [0.2, 0.25) is 0 Å². The highest BCUT2D eigenvalue weighted by Gasteiger charge is 2.38. The first-order valence-electron chi connectivity index (χ1n) is 9.32. The molecule has 0 spiro atoms. The van der Waals surface area contributed by atoms with E-state index in [1.165, 1.54) is 4.31 Å². The molecule has 0 aliphatic carbocycles. The van der Waals surface area contributed by atoms with Crippen LogP contribution in [0.15, 0.2) is 30.3 Å². The molecule has 30 heavy (non-hydrogen) atoms. The van der Waals surface area contributed by atoms with Crippen molar-refractivity contribution in [3.63, 3.8) is 0 Å². The van der Waals surface area contributed by atoms with Crippen molar-refractivity contribution in [1.29, 1.82) is 0 Å². The molecule has 1 aliphatic heterocycles. The molecule has 8 nitrogen and oxygen atoms in total. The summed E-state index contributed by atoms with van der Waals surface area (Å²) in [6.45, 7) is 5.14. The molecule has 1 aromatic carbocycles. The van der Waals surface area contributed by atoms with Crippen molar-refractivity contribution in [2.75, 3.05) is 45.0 Å². The van der Waals surface area contributed by atoms with Gasteiger partial charge < -0.3 is 15.3 Å². The Morgan fingerprint density at radius 1 is 1.13 bits per heavy atom. The van der Waals surface area contributed by atoms with Gasteiger partial charge in [-0.25, -0.2) is 13.2 Å². The highest BCUT2D eigenvalue weighted by atomic mass is 32.2. The average molecular weight is 453 g/mol. The first-order valence-corrected chi connectivity index (χ1v) is 10.9. The van der Waals surface area contributed by atoms with Crippen molar-refractivity contribution >= 4 is 21.9 Å². The topological polar surface area (TPSA) is 107 Å². The number of hydrogen-bond donors (Lipinski definition) is 2. The Morgan fingerprint density at radius 3 is 2.13 bits per heavy atom. The molecule has 1 fully saturated rings. The van der Waals surface area contributed by atoms with E-state index >= 15 is 0 Å². The van der Waals surface area contributed by atoms with Gasteiger partial charge in [-0.1, -0.05) is 25.1 Å². The van der Waals surface area contributed by atoms with E-state index in [4.69, 9.17) is 9.90 Å². The lowest BCUT2D eigenvalue weighted by atomic mass is 10.2. The van der Waals surface area contributed by atoms with E-state index in [0.29, 0.717) is 38.3 Å². The fourth-order valence-electron chi connectivity index (χ4n) is 2.63. The van der Waals surface area contributed by atoms with Crippen LogP contribution in [-0.2, 0) is 14.8 Å². The number of carbonyl (C=O) groups excluding carboxylic acids is 1. The first kappa shape index (κ1) is 25.9. The minimum Gasteiger partial charge on any atom is -0.475 e. The second-order valence-corrected chi connectivity index (χ2v) is 8.51. The number of carbonyl (C=O) groups is 2. The molecule has 1 aliphatic rings. The van der Waals surface area contributed by atoms with Gasteiger partial charge in [0.15, 0.2) is 0 Å². The molecular weight excluding hydrogens is 427 g/mol. The molecule has 170 valence electrons. The summed E-state index contributed by atoms with van der Waals surface area (Å²) in [4.78, 5) is 23.1. The number of benzene rings is 1. The zero-order chi connectivity index (χ0) is 22.8. The third-order valence-electron chi connectivity index (χ3n) is 4.13. The van der Waals surface area contributed by atoms with Gasteiger partial charge in [0.1, 0.15) is 0 Å². The highest BCUT2D eigenvalue weighted by molar-refractivity contribution is 7.89. The summed E-state index contributed by atoms with van der Waals surface area (Å²) in [6.07, 6.45) is -4.29. The molecule has 0 radical (unpaired) electrons. The van der Waals surface area contributed by atoms with Crippen LogP contribution in [0.5, 0.6) is 0 Å². The molecule has 12 heteroatoms. The van der Waals surface area contributed by atoms with Crippen molar-refractivity contribution in [3.05, 3.63) is 35.9 Å². The van der Waals surface area contributed by atoms with Crippen molar-refractivity contribution in [1.82, 2.24) is 14.5 Å². The van der Waals surface area contributed by atoms with Crippen molar-refractivity contribution in [2.45, 2.75) is 19.5 Å². The fourth-order valence-corrected chi connectivity index (χ4v) is 4.07. The van der Waals surface area contributed by atoms with Crippen LogP contribution in [0.1, 0.15) is 23.7 Å². The number of alkyl halides is 3.